The highest BCUT2D eigenvalue weighted by molar-refractivity contribution is 7.08. The molecule has 0 spiro atoms. The molecule has 6 heteroatoms. The third-order valence-corrected chi connectivity index (χ3v) is 3.72. The molecule has 1 aliphatic rings. The normalized spacial score (nSPS) is 17.8. The predicted octanol–water partition coefficient (Wildman–Crippen LogP) is 1.59. The fourth-order valence-electron chi connectivity index (χ4n) is 2.08. The first-order valence-electron chi connectivity index (χ1n) is 6.20. The topological polar surface area (TPSA) is 54.2 Å². The summed E-state index contributed by atoms with van der Waals surface area (Å²) in [6.45, 7) is 5.00. The molecule has 1 N–H and O–H groups in total. The van der Waals surface area contributed by atoms with Gasteiger partial charge in [-0.25, -0.2) is 0 Å². The lowest BCUT2D eigenvalue weighted by Crippen LogP contribution is -2.27. The monoisotopic (exact) mass is 264 g/mol. The lowest BCUT2D eigenvalue weighted by molar-refractivity contribution is 0.239. The van der Waals surface area contributed by atoms with Crippen molar-refractivity contribution in [3.05, 3.63) is 22.7 Å². The molecule has 96 valence electrons. The molecule has 0 saturated carbocycles. The van der Waals surface area contributed by atoms with Crippen molar-refractivity contribution < 1.29 is 4.52 Å². The minimum Gasteiger partial charge on any atom is -0.338 e. The molecule has 2 aromatic rings. The standard InChI is InChI=1S/C12H16N4OS/c1-3-13-4-6-16(5-1)8-11-14-12(15-17-11)10-2-7-18-9-10/h2,7,9,13H,1,3-6,8H2. The van der Waals surface area contributed by atoms with Gasteiger partial charge in [0.05, 0.1) is 6.54 Å². The molecule has 1 fully saturated rings. The van der Waals surface area contributed by atoms with Gasteiger partial charge in [-0.05, 0) is 31.0 Å². The summed E-state index contributed by atoms with van der Waals surface area (Å²) < 4.78 is 5.31. The smallest absolute Gasteiger partial charge is 0.241 e. The third kappa shape index (κ3) is 2.77. The lowest BCUT2D eigenvalue weighted by Gasteiger charge is -2.16. The lowest BCUT2D eigenvalue weighted by atomic mass is 10.3. The predicted molar refractivity (Wildman–Crippen MR) is 70.4 cm³/mol. The molecule has 18 heavy (non-hydrogen) atoms. The quantitative estimate of drug-likeness (QED) is 0.912. The Balaban J connectivity index is 1.66. The van der Waals surface area contributed by atoms with Gasteiger partial charge in [0.15, 0.2) is 0 Å². The van der Waals surface area contributed by atoms with E-state index in [1.54, 1.807) is 11.3 Å². The van der Waals surface area contributed by atoms with Crippen LogP contribution >= 0.6 is 11.3 Å². The van der Waals surface area contributed by atoms with E-state index in [1.165, 1.54) is 6.42 Å². The van der Waals surface area contributed by atoms with E-state index < -0.39 is 0 Å². The second-order valence-electron chi connectivity index (χ2n) is 4.40. The fourth-order valence-corrected chi connectivity index (χ4v) is 2.71. The summed E-state index contributed by atoms with van der Waals surface area (Å²) in [5, 5.41) is 11.5. The summed E-state index contributed by atoms with van der Waals surface area (Å²) in [6.07, 6.45) is 1.17. The van der Waals surface area contributed by atoms with Crippen LogP contribution in [0.25, 0.3) is 11.4 Å². The van der Waals surface area contributed by atoms with Gasteiger partial charge in [-0.1, -0.05) is 5.16 Å². The SMILES string of the molecule is c1cc(-c2noc(CN3CCCNCC3)n2)cs1. The molecule has 3 rings (SSSR count). The van der Waals surface area contributed by atoms with E-state index in [9.17, 15) is 0 Å². The Bertz CT molecular complexity index is 474. The first-order chi connectivity index (χ1) is 8.92. The van der Waals surface area contributed by atoms with Gasteiger partial charge < -0.3 is 9.84 Å². The number of rotatable bonds is 3. The number of aromatic nitrogens is 2. The molecule has 0 atom stereocenters. The van der Waals surface area contributed by atoms with Gasteiger partial charge >= 0.3 is 0 Å². The maximum atomic E-state index is 5.31. The molecule has 0 aromatic carbocycles. The number of hydrogen-bond acceptors (Lipinski definition) is 6. The summed E-state index contributed by atoms with van der Waals surface area (Å²) in [5.74, 6) is 1.40. The average Bonchev–Trinajstić information content (AvgIpc) is 2.98. The molecular formula is C12H16N4OS. The van der Waals surface area contributed by atoms with Crippen molar-refractivity contribution in [1.29, 1.82) is 0 Å². The molecule has 5 nitrogen and oxygen atoms in total. The first-order valence-corrected chi connectivity index (χ1v) is 7.14. The van der Waals surface area contributed by atoms with Crippen LogP contribution in [0.5, 0.6) is 0 Å². The highest BCUT2D eigenvalue weighted by Crippen LogP contribution is 2.19. The Morgan fingerprint density at radius 2 is 2.39 bits per heavy atom. The minimum atomic E-state index is 0.694. The summed E-state index contributed by atoms with van der Waals surface area (Å²) in [5.41, 5.74) is 1.03. The molecule has 0 aliphatic carbocycles. The van der Waals surface area contributed by atoms with Gasteiger partial charge in [0.2, 0.25) is 11.7 Å². The van der Waals surface area contributed by atoms with E-state index in [4.69, 9.17) is 4.52 Å². The Morgan fingerprint density at radius 3 is 3.28 bits per heavy atom. The number of thiophene rings is 1. The van der Waals surface area contributed by atoms with Gasteiger partial charge in [-0.2, -0.15) is 16.3 Å². The van der Waals surface area contributed by atoms with Crippen LogP contribution in [0.15, 0.2) is 21.3 Å². The van der Waals surface area contributed by atoms with Gasteiger partial charge in [-0.15, -0.1) is 0 Å². The molecule has 2 aromatic heterocycles. The van der Waals surface area contributed by atoms with Crippen molar-refractivity contribution in [1.82, 2.24) is 20.4 Å². The number of nitrogens with zero attached hydrogens (tertiary/aromatic N) is 3. The molecular weight excluding hydrogens is 248 g/mol. The van der Waals surface area contributed by atoms with E-state index in [0.717, 1.165) is 38.3 Å². The zero-order valence-electron chi connectivity index (χ0n) is 10.1. The molecule has 3 heterocycles. The van der Waals surface area contributed by atoms with E-state index >= 15 is 0 Å². The summed E-state index contributed by atoms with van der Waals surface area (Å²) in [4.78, 5) is 6.80. The van der Waals surface area contributed by atoms with Gasteiger partial charge in [0, 0.05) is 24.0 Å². The zero-order chi connectivity index (χ0) is 12.2. The van der Waals surface area contributed by atoms with Crippen molar-refractivity contribution in [2.45, 2.75) is 13.0 Å². The molecule has 0 bridgehead atoms. The molecule has 1 aliphatic heterocycles. The van der Waals surface area contributed by atoms with E-state index in [2.05, 4.69) is 20.4 Å². The third-order valence-electron chi connectivity index (χ3n) is 3.04. The Hall–Kier alpha value is -1.24. The van der Waals surface area contributed by atoms with Crippen molar-refractivity contribution in [2.75, 3.05) is 26.2 Å². The maximum absolute atomic E-state index is 5.31. The van der Waals surface area contributed by atoms with Crippen LogP contribution in [0.4, 0.5) is 0 Å². The number of hydrogen-bond donors (Lipinski definition) is 1. The number of nitrogens with one attached hydrogen (secondary N) is 1. The maximum Gasteiger partial charge on any atom is 0.241 e. The highest BCUT2D eigenvalue weighted by atomic mass is 32.1. The summed E-state index contributed by atoms with van der Waals surface area (Å²) in [6, 6.07) is 2.01. The van der Waals surface area contributed by atoms with Crippen LogP contribution in [-0.2, 0) is 6.54 Å². The Labute approximate surface area is 110 Å². The highest BCUT2D eigenvalue weighted by Gasteiger charge is 2.14. The molecule has 0 unspecified atom stereocenters. The fraction of sp³-hybridized carbons (Fsp3) is 0.500. The van der Waals surface area contributed by atoms with Crippen molar-refractivity contribution >= 4 is 11.3 Å². The van der Waals surface area contributed by atoms with Crippen LogP contribution in [-0.4, -0.2) is 41.2 Å². The largest absolute Gasteiger partial charge is 0.338 e. The second-order valence-corrected chi connectivity index (χ2v) is 5.18. The van der Waals surface area contributed by atoms with Crippen LogP contribution < -0.4 is 5.32 Å². The first kappa shape index (κ1) is 11.8. The minimum absolute atomic E-state index is 0.694. The van der Waals surface area contributed by atoms with Crippen LogP contribution in [0, 0.1) is 0 Å². The zero-order valence-corrected chi connectivity index (χ0v) is 10.9. The van der Waals surface area contributed by atoms with Crippen LogP contribution in [0.1, 0.15) is 12.3 Å². The van der Waals surface area contributed by atoms with Gasteiger partial charge in [0.25, 0.3) is 0 Å². The van der Waals surface area contributed by atoms with Crippen LogP contribution in [0.2, 0.25) is 0 Å². The average molecular weight is 264 g/mol. The summed E-state index contributed by atoms with van der Waals surface area (Å²) >= 11 is 1.64. The molecule has 0 amide bonds. The van der Waals surface area contributed by atoms with E-state index in [1.807, 2.05) is 16.8 Å². The van der Waals surface area contributed by atoms with Crippen molar-refractivity contribution in [2.24, 2.45) is 0 Å². The van der Waals surface area contributed by atoms with Crippen LogP contribution in [0.3, 0.4) is 0 Å². The van der Waals surface area contributed by atoms with E-state index in [0.29, 0.717) is 11.7 Å². The van der Waals surface area contributed by atoms with Crippen molar-refractivity contribution in [3.8, 4) is 11.4 Å². The second kappa shape index (κ2) is 5.60. The molecule has 0 radical (unpaired) electrons. The van der Waals surface area contributed by atoms with Crippen molar-refractivity contribution in [3.63, 3.8) is 0 Å². The Kier molecular flexibility index (Phi) is 3.68. The van der Waals surface area contributed by atoms with E-state index in [-0.39, 0.29) is 0 Å². The van der Waals surface area contributed by atoms with Gasteiger partial charge in [0.1, 0.15) is 0 Å². The molecule has 1 saturated heterocycles. The Morgan fingerprint density at radius 1 is 1.39 bits per heavy atom. The summed E-state index contributed by atoms with van der Waals surface area (Å²) in [7, 11) is 0. The van der Waals surface area contributed by atoms with Gasteiger partial charge in [-0.3, -0.25) is 4.90 Å².